The molecule has 0 radical (unpaired) electrons. The topological polar surface area (TPSA) is 101 Å². The van der Waals surface area contributed by atoms with Gasteiger partial charge in [0.15, 0.2) is 0 Å². The van der Waals surface area contributed by atoms with Crippen LogP contribution in [0.5, 0.6) is 0 Å². The molecule has 0 aliphatic heterocycles. The molecule has 0 amide bonds. The molecule has 1 atom stereocenters. The van der Waals surface area contributed by atoms with Crippen molar-refractivity contribution in [3.63, 3.8) is 0 Å². The van der Waals surface area contributed by atoms with Crippen molar-refractivity contribution < 1.29 is 8.42 Å². The van der Waals surface area contributed by atoms with Gasteiger partial charge >= 0.3 is 0 Å². The fourth-order valence-electron chi connectivity index (χ4n) is 2.82. The Balaban J connectivity index is 0.00000176. The molecule has 1 heterocycles. The maximum absolute atomic E-state index is 12.5. The molecule has 4 N–H and O–H groups in total. The van der Waals surface area contributed by atoms with Gasteiger partial charge in [0.25, 0.3) is 0 Å². The Kier molecular flexibility index (Phi) is 4.79. The highest BCUT2D eigenvalue weighted by Crippen LogP contribution is 2.32. The van der Waals surface area contributed by atoms with Gasteiger partial charge in [0.2, 0.25) is 10.0 Å². The molecule has 2 aromatic rings. The van der Waals surface area contributed by atoms with Crippen LogP contribution in [-0.4, -0.2) is 18.6 Å². The van der Waals surface area contributed by atoms with Crippen molar-refractivity contribution in [2.24, 2.45) is 0 Å². The van der Waals surface area contributed by atoms with Crippen molar-refractivity contribution in [1.29, 1.82) is 0 Å². The third-order valence-electron chi connectivity index (χ3n) is 3.85. The summed E-state index contributed by atoms with van der Waals surface area (Å²) in [4.78, 5) is 0.199. The minimum Gasteiger partial charge on any atom is -0.399 e. The lowest BCUT2D eigenvalue weighted by atomic mass is 9.88. The highest BCUT2D eigenvalue weighted by molar-refractivity contribution is 7.89. The number of hydrogen-bond acceptors (Lipinski definition) is 4. The zero-order valence-corrected chi connectivity index (χ0v) is 13.8. The predicted molar refractivity (Wildman–Crippen MR) is 87.4 cm³/mol. The molecule has 8 heteroatoms. The first-order valence-electron chi connectivity index (χ1n) is 6.88. The minimum absolute atomic E-state index is 0. The van der Waals surface area contributed by atoms with Crippen molar-refractivity contribution in [3.8, 4) is 0 Å². The van der Waals surface area contributed by atoms with E-state index in [1.54, 1.807) is 6.92 Å². The number of aromatic amines is 1. The first-order chi connectivity index (χ1) is 9.97. The molecule has 0 fully saturated rings. The van der Waals surface area contributed by atoms with Gasteiger partial charge in [-0.1, -0.05) is 6.07 Å². The van der Waals surface area contributed by atoms with Gasteiger partial charge in [-0.25, -0.2) is 13.1 Å². The van der Waals surface area contributed by atoms with Gasteiger partial charge in [-0.15, -0.1) is 12.4 Å². The zero-order chi connectivity index (χ0) is 15.0. The van der Waals surface area contributed by atoms with Crippen LogP contribution < -0.4 is 10.5 Å². The number of rotatable bonds is 3. The van der Waals surface area contributed by atoms with Crippen LogP contribution in [0, 0.1) is 6.92 Å². The molecular formula is C14H19ClN4O2S. The number of nitrogens with two attached hydrogens (primary N) is 1. The third-order valence-corrected chi connectivity index (χ3v) is 5.44. The SMILES string of the molecule is Cc1[nH]ncc1S(=O)(=O)NC1CCCc2cc(N)ccc21.Cl. The largest absolute Gasteiger partial charge is 0.399 e. The standard InChI is InChI=1S/C14H18N4O2S.ClH/c1-9-14(8-16-17-9)21(19,20)18-13-4-2-3-10-7-11(15)5-6-12(10)13;/h5-8,13,18H,2-4,15H2,1H3,(H,16,17);1H. The predicted octanol–water partition coefficient (Wildman–Crippen LogP) is 2.08. The first kappa shape index (κ1) is 16.8. The Bertz CT molecular complexity index is 773. The Morgan fingerprint density at radius 1 is 1.41 bits per heavy atom. The van der Waals surface area contributed by atoms with Gasteiger partial charge in [0.1, 0.15) is 4.90 Å². The summed E-state index contributed by atoms with van der Waals surface area (Å²) in [6, 6.07) is 5.45. The number of halogens is 1. The fourth-order valence-corrected chi connectivity index (χ4v) is 4.20. The van der Waals surface area contributed by atoms with Gasteiger partial charge in [0, 0.05) is 11.7 Å². The van der Waals surface area contributed by atoms with Crippen molar-refractivity contribution in [2.75, 3.05) is 5.73 Å². The van der Waals surface area contributed by atoms with E-state index in [4.69, 9.17) is 5.73 Å². The van der Waals surface area contributed by atoms with E-state index in [0.717, 1.165) is 30.4 Å². The molecule has 0 saturated heterocycles. The van der Waals surface area contributed by atoms with E-state index in [9.17, 15) is 8.42 Å². The van der Waals surface area contributed by atoms with Crippen LogP contribution in [0.4, 0.5) is 5.69 Å². The summed E-state index contributed by atoms with van der Waals surface area (Å²) in [5.41, 5.74) is 9.19. The third kappa shape index (κ3) is 3.11. The highest BCUT2D eigenvalue weighted by atomic mass is 35.5. The van der Waals surface area contributed by atoms with E-state index < -0.39 is 10.0 Å². The number of nitrogen functional groups attached to an aromatic ring is 1. The lowest BCUT2D eigenvalue weighted by molar-refractivity contribution is 0.507. The quantitative estimate of drug-likeness (QED) is 0.743. The highest BCUT2D eigenvalue weighted by Gasteiger charge is 2.27. The molecule has 1 aromatic carbocycles. The second-order valence-electron chi connectivity index (χ2n) is 5.38. The summed E-state index contributed by atoms with van der Waals surface area (Å²) in [6.45, 7) is 1.69. The molecule has 0 bridgehead atoms. The molecule has 3 rings (SSSR count). The molecule has 0 saturated carbocycles. The Labute approximate surface area is 136 Å². The lowest BCUT2D eigenvalue weighted by Crippen LogP contribution is -2.31. The normalized spacial score (nSPS) is 17.6. The number of aromatic nitrogens is 2. The molecule has 22 heavy (non-hydrogen) atoms. The van der Waals surface area contributed by atoms with Gasteiger partial charge in [-0.05, 0) is 49.4 Å². The van der Waals surface area contributed by atoms with Crippen molar-refractivity contribution in [2.45, 2.75) is 37.1 Å². The molecule has 0 spiro atoms. The number of benzene rings is 1. The van der Waals surface area contributed by atoms with Gasteiger partial charge in [0.05, 0.1) is 11.9 Å². The van der Waals surface area contributed by atoms with Gasteiger partial charge in [-0.3, -0.25) is 5.10 Å². The number of sulfonamides is 1. The second kappa shape index (κ2) is 6.28. The average molecular weight is 343 g/mol. The monoisotopic (exact) mass is 342 g/mol. The minimum atomic E-state index is -3.58. The zero-order valence-electron chi connectivity index (χ0n) is 12.2. The van der Waals surface area contributed by atoms with E-state index in [1.165, 1.54) is 6.20 Å². The molecule has 1 aliphatic carbocycles. The summed E-state index contributed by atoms with van der Waals surface area (Å²) in [5.74, 6) is 0. The van der Waals surface area contributed by atoms with E-state index in [1.807, 2.05) is 18.2 Å². The van der Waals surface area contributed by atoms with Crippen molar-refractivity contribution >= 4 is 28.1 Å². The van der Waals surface area contributed by atoms with Gasteiger partial charge < -0.3 is 5.73 Å². The fraction of sp³-hybridized carbons (Fsp3) is 0.357. The van der Waals surface area contributed by atoms with Crippen LogP contribution in [-0.2, 0) is 16.4 Å². The number of nitrogens with zero attached hydrogens (tertiary/aromatic N) is 1. The molecule has 1 aliphatic rings. The maximum Gasteiger partial charge on any atom is 0.244 e. The maximum atomic E-state index is 12.5. The van der Waals surface area contributed by atoms with E-state index in [2.05, 4.69) is 14.9 Å². The number of anilines is 1. The van der Waals surface area contributed by atoms with Crippen LogP contribution in [0.3, 0.4) is 0 Å². The van der Waals surface area contributed by atoms with E-state index in [-0.39, 0.29) is 23.3 Å². The van der Waals surface area contributed by atoms with Crippen LogP contribution in [0.25, 0.3) is 0 Å². The second-order valence-corrected chi connectivity index (χ2v) is 7.07. The van der Waals surface area contributed by atoms with E-state index in [0.29, 0.717) is 11.4 Å². The Morgan fingerprint density at radius 2 is 2.18 bits per heavy atom. The molecular weight excluding hydrogens is 324 g/mol. The van der Waals surface area contributed by atoms with Gasteiger partial charge in [-0.2, -0.15) is 5.10 Å². The van der Waals surface area contributed by atoms with E-state index >= 15 is 0 Å². The van der Waals surface area contributed by atoms with Crippen LogP contribution >= 0.6 is 12.4 Å². The Hall–Kier alpha value is -1.57. The number of hydrogen-bond donors (Lipinski definition) is 3. The number of H-pyrrole nitrogens is 1. The smallest absolute Gasteiger partial charge is 0.244 e. The van der Waals surface area contributed by atoms with Crippen LogP contribution in [0.15, 0.2) is 29.3 Å². The first-order valence-corrected chi connectivity index (χ1v) is 8.36. The molecule has 1 unspecified atom stereocenters. The number of nitrogens with one attached hydrogen (secondary N) is 2. The summed E-state index contributed by atoms with van der Waals surface area (Å²) in [6.07, 6.45) is 3.99. The average Bonchev–Trinajstić information content (AvgIpc) is 2.85. The summed E-state index contributed by atoms with van der Waals surface area (Å²) in [5, 5.41) is 6.43. The van der Waals surface area contributed by atoms with Crippen molar-refractivity contribution in [1.82, 2.24) is 14.9 Å². The van der Waals surface area contributed by atoms with Crippen molar-refractivity contribution in [3.05, 3.63) is 41.2 Å². The summed E-state index contributed by atoms with van der Waals surface area (Å²) >= 11 is 0. The van der Waals surface area contributed by atoms with Crippen LogP contribution in [0.2, 0.25) is 0 Å². The Morgan fingerprint density at radius 3 is 2.86 bits per heavy atom. The number of fused-ring (bicyclic) bond motifs is 1. The summed E-state index contributed by atoms with van der Waals surface area (Å²) in [7, 11) is -3.58. The van der Waals surface area contributed by atoms with Crippen LogP contribution in [0.1, 0.15) is 35.7 Å². The number of aryl methyl sites for hydroxylation is 2. The molecule has 120 valence electrons. The molecule has 6 nitrogen and oxygen atoms in total. The lowest BCUT2D eigenvalue weighted by Gasteiger charge is -2.26. The summed E-state index contributed by atoms with van der Waals surface area (Å²) < 4.78 is 27.7. The molecule has 1 aromatic heterocycles.